The van der Waals surface area contributed by atoms with Gasteiger partial charge in [0.1, 0.15) is 17.8 Å². The van der Waals surface area contributed by atoms with Crippen LogP contribution in [0.25, 0.3) is 0 Å². The number of allylic oxidation sites excluding steroid dienone is 3. The predicted octanol–water partition coefficient (Wildman–Crippen LogP) is 4.67. The molecule has 6 aliphatic carbocycles. The maximum Gasteiger partial charge on any atom is 0.162 e. The van der Waals surface area contributed by atoms with Crippen molar-refractivity contribution in [3.63, 3.8) is 0 Å². The fourth-order valence-electron chi connectivity index (χ4n) is 14.8. The number of ether oxygens (including phenoxy) is 2. The van der Waals surface area contributed by atoms with Gasteiger partial charge >= 0.3 is 0 Å². The highest BCUT2D eigenvalue weighted by Crippen LogP contribution is 2.78. The summed E-state index contributed by atoms with van der Waals surface area (Å²) >= 11 is 0. The van der Waals surface area contributed by atoms with Gasteiger partial charge in [0.15, 0.2) is 5.78 Å². The molecule has 0 spiro atoms. The Balaban J connectivity index is 1.09. The standard InChI is InChI=1S/C43H64N2O7/c1-23-12-15-51-42(20-23,37-36(52-37)41(5,49)38(2,22-46)13-10-24-11-14-45-32(44)16-24)31-18-27-8-9-29-34-33-25(21-39(31,3)43(27,34)50)6-7-26-17-28(47)19-30(35(29)48)40(26,33)4/h11,16,23,25-28,30-31,33,36-37,45-47,49-50H,6-10,12-15,17-22,44H2,1-5H3. The zero-order valence-electron chi connectivity index (χ0n) is 32.1. The summed E-state index contributed by atoms with van der Waals surface area (Å²) in [6, 6.07) is 0. The molecule has 16 unspecified atom stereocenters. The van der Waals surface area contributed by atoms with E-state index in [1.165, 1.54) is 0 Å². The zero-order valence-corrected chi connectivity index (χ0v) is 32.1. The second kappa shape index (κ2) is 11.6. The molecule has 16 atom stereocenters. The van der Waals surface area contributed by atoms with Gasteiger partial charge in [0.2, 0.25) is 0 Å². The molecular weight excluding hydrogens is 656 g/mol. The molecule has 9 nitrogen and oxygen atoms in total. The number of nitrogens with one attached hydrogen (secondary N) is 1. The summed E-state index contributed by atoms with van der Waals surface area (Å²) in [7, 11) is 0. The van der Waals surface area contributed by atoms with Gasteiger partial charge in [-0.2, -0.15) is 0 Å². The van der Waals surface area contributed by atoms with Crippen molar-refractivity contribution in [1.82, 2.24) is 5.32 Å². The van der Waals surface area contributed by atoms with Crippen molar-refractivity contribution in [3.05, 3.63) is 34.7 Å². The van der Waals surface area contributed by atoms with Gasteiger partial charge in [-0.3, -0.25) is 4.79 Å². The lowest BCUT2D eigenvalue weighted by atomic mass is 9.36. The first kappa shape index (κ1) is 35.9. The van der Waals surface area contributed by atoms with E-state index in [4.69, 9.17) is 15.2 Å². The average molecular weight is 721 g/mol. The van der Waals surface area contributed by atoms with Crippen LogP contribution in [-0.2, 0) is 14.3 Å². The summed E-state index contributed by atoms with van der Waals surface area (Å²) < 4.78 is 13.9. The minimum atomic E-state index is -1.34. The molecular formula is C43H64N2O7. The smallest absolute Gasteiger partial charge is 0.162 e. The highest BCUT2D eigenvalue weighted by molar-refractivity contribution is 6.00. The number of hydrogen-bond acceptors (Lipinski definition) is 9. The average Bonchev–Trinajstić information content (AvgIpc) is 3.88. The van der Waals surface area contributed by atoms with Crippen LogP contribution in [0, 0.1) is 57.7 Å². The molecule has 6 fully saturated rings. The number of Topliss-reactive ketones (excluding diaryl/α,β-unsaturated/α-hetero) is 1. The van der Waals surface area contributed by atoms with Gasteiger partial charge in [0, 0.05) is 29.9 Å². The first-order chi connectivity index (χ1) is 24.5. The molecule has 52 heavy (non-hydrogen) atoms. The molecule has 3 aliphatic heterocycles. The summed E-state index contributed by atoms with van der Waals surface area (Å²) in [5, 5.41) is 51.2. The number of carbonyl (C=O) groups is 1. The number of hydrogen-bond donors (Lipinski definition) is 6. The molecule has 0 aromatic rings. The molecule has 3 heterocycles. The first-order valence-electron chi connectivity index (χ1n) is 20.8. The Morgan fingerprint density at radius 3 is 2.60 bits per heavy atom. The predicted molar refractivity (Wildman–Crippen MR) is 196 cm³/mol. The largest absolute Gasteiger partial charge is 0.396 e. The van der Waals surface area contributed by atoms with Crippen LogP contribution < -0.4 is 11.1 Å². The van der Waals surface area contributed by atoms with Crippen molar-refractivity contribution in [2.24, 2.45) is 63.4 Å². The van der Waals surface area contributed by atoms with Crippen LogP contribution in [-0.4, -0.2) is 81.1 Å². The van der Waals surface area contributed by atoms with Crippen molar-refractivity contribution in [1.29, 1.82) is 0 Å². The summed E-state index contributed by atoms with van der Waals surface area (Å²) in [6.45, 7) is 11.9. The van der Waals surface area contributed by atoms with Gasteiger partial charge in [0.05, 0.1) is 29.7 Å². The van der Waals surface area contributed by atoms with Crippen molar-refractivity contribution >= 4 is 5.78 Å². The van der Waals surface area contributed by atoms with Crippen LogP contribution in [0.1, 0.15) is 112 Å². The number of dihydropyridines is 1. The van der Waals surface area contributed by atoms with Crippen molar-refractivity contribution in [2.75, 3.05) is 19.8 Å². The van der Waals surface area contributed by atoms with Crippen LogP contribution in [0.15, 0.2) is 34.7 Å². The quantitative estimate of drug-likeness (QED) is 0.196. The van der Waals surface area contributed by atoms with E-state index in [1.807, 2.05) is 19.9 Å². The molecule has 0 aromatic carbocycles. The summed E-state index contributed by atoms with van der Waals surface area (Å²) in [6.07, 6.45) is 12.3. The number of ketones is 1. The molecule has 0 radical (unpaired) electrons. The maximum absolute atomic E-state index is 14.6. The van der Waals surface area contributed by atoms with Gasteiger partial charge in [-0.15, -0.1) is 0 Å². The van der Waals surface area contributed by atoms with E-state index in [-0.39, 0.29) is 47.6 Å². The number of aliphatic hydroxyl groups excluding tert-OH is 2. The number of nitrogens with two attached hydrogens (primary N) is 1. The summed E-state index contributed by atoms with van der Waals surface area (Å²) in [4.78, 5) is 14.6. The molecule has 0 amide bonds. The second-order valence-electron chi connectivity index (χ2n) is 20.2. The lowest BCUT2D eigenvalue weighted by Crippen LogP contribution is -2.69. The van der Waals surface area contributed by atoms with Crippen molar-refractivity contribution < 1.29 is 34.7 Å². The van der Waals surface area contributed by atoms with E-state index in [1.54, 1.807) is 0 Å². The molecule has 288 valence electrons. The van der Waals surface area contributed by atoms with Crippen molar-refractivity contribution in [3.8, 4) is 0 Å². The van der Waals surface area contributed by atoms with E-state index in [0.29, 0.717) is 62.4 Å². The van der Waals surface area contributed by atoms with Crippen LogP contribution >= 0.6 is 0 Å². The molecule has 2 saturated heterocycles. The highest BCUT2D eigenvalue weighted by Gasteiger charge is 2.79. The minimum absolute atomic E-state index is 0.0173. The van der Waals surface area contributed by atoms with Crippen LogP contribution in [0.5, 0.6) is 0 Å². The second-order valence-corrected chi connectivity index (χ2v) is 20.2. The Kier molecular flexibility index (Phi) is 8.04. The lowest BCUT2D eigenvalue weighted by molar-refractivity contribution is -0.216. The number of rotatable bonds is 8. The molecule has 0 aromatic heterocycles. The molecule has 9 heteroatoms. The van der Waals surface area contributed by atoms with E-state index >= 15 is 0 Å². The lowest BCUT2D eigenvalue weighted by Gasteiger charge is -2.69. The molecule has 9 rings (SSSR count). The van der Waals surface area contributed by atoms with E-state index < -0.39 is 39.8 Å². The fourth-order valence-corrected chi connectivity index (χ4v) is 14.8. The van der Waals surface area contributed by atoms with Gasteiger partial charge in [-0.25, -0.2) is 0 Å². The van der Waals surface area contributed by atoms with Crippen LogP contribution in [0.2, 0.25) is 0 Å². The van der Waals surface area contributed by atoms with Gasteiger partial charge < -0.3 is 41.0 Å². The van der Waals surface area contributed by atoms with Gasteiger partial charge in [-0.05, 0) is 148 Å². The Bertz CT molecular complexity index is 1620. The summed E-state index contributed by atoms with van der Waals surface area (Å²) in [5.74, 6) is 1.92. The number of epoxide rings is 1. The molecule has 0 bridgehead atoms. The van der Waals surface area contributed by atoms with Crippen LogP contribution in [0.4, 0.5) is 0 Å². The van der Waals surface area contributed by atoms with Gasteiger partial charge in [-0.1, -0.05) is 33.8 Å². The molecule has 4 saturated carbocycles. The third-order valence-electron chi connectivity index (χ3n) is 17.9. The third-order valence-corrected chi connectivity index (χ3v) is 17.9. The molecule has 9 aliphatic rings. The van der Waals surface area contributed by atoms with Gasteiger partial charge in [0.25, 0.3) is 0 Å². The van der Waals surface area contributed by atoms with E-state index in [2.05, 4.69) is 32.2 Å². The van der Waals surface area contributed by atoms with Crippen LogP contribution in [0.3, 0.4) is 0 Å². The fraction of sp³-hybridized carbons (Fsp3) is 0.837. The Morgan fingerprint density at radius 2 is 1.87 bits per heavy atom. The minimum Gasteiger partial charge on any atom is -0.396 e. The first-order valence-corrected chi connectivity index (χ1v) is 20.8. The maximum atomic E-state index is 14.6. The van der Waals surface area contributed by atoms with Crippen molar-refractivity contribution in [2.45, 2.75) is 147 Å². The Hall–Kier alpha value is -1.75. The highest BCUT2D eigenvalue weighted by atomic mass is 16.6. The topological polar surface area (TPSA) is 158 Å². The van der Waals surface area contributed by atoms with E-state index in [9.17, 15) is 25.2 Å². The number of carbonyl (C=O) groups excluding carboxylic acids is 1. The monoisotopic (exact) mass is 720 g/mol. The molecule has 7 N–H and O–H groups in total. The SMILES string of the molecule is CC1CCOC(C2OC2C(C)(O)C(C)(CO)CCC2=CCNC(N)=C2)(C2CC3CCC4=C5C6C(CCC7CC(O)CC(C4=O)C76C)CC2(C)C53O)C1. The zero-order chi connectivity index (χ0) is 36.8. The summed E-state index contributed by atoms with van der Waals surface area (Å²) in [5.41, 5.74) is 4.38. The number of aliphatic hydroxyl groups is 4. The Labute approximate surface area is 309 Å². The normalized spacial score (nSPS) is 51.4. The van der Waals surface area contributed by atoms with E-state index in [0.717, 1.165) is 68.1 Å². The third kappa shape index (κ3) is 4.53. The Morgan fingerprint density at radius 1 is 1.08 bits per heavy atom.